The van der Waals surface area contributed by atoms with Gasteiger partial charge in [0.15, 0.2) is 0 Å². The monoisotopic (exact) mass is 366 g/mol. The molecule has 0 saturated heterocycles. The number of aromatic nitrogens is 5. The van der Waals surface area contributed by atoms with E-state index in [1.807, 2.05) is 28.9 Å². The first kappa shape index (κ1) is 17.4. The molecule has 0 aromatic carbocycles. The number of aryl methyl sites for hydroxylation is 1. The largest absolute Gasteiger partial charge is 0.339 e. The Balaban J connectivity index is 1.33. The zero-order valence-electron chi connectivity index (χ0n) is 15.0. The summed E-state index contributed by atoms with van der Waals surface area (Å²) < 4.78 is 7.17. The quantitative estimate of drug-likeness (QED) is 0.718. The summed E-state index contributed by atoms with van der Waals surface area (Å²) in [6, 6.07) is 7.72. The van der Waals surface area contributed by atoms with Crippen molar-refractivity contribution in [2.24, 2.45) is 0 Å². The van der Waals surface area contributed by atoms with Gasteiger partial charge in [-0.3, -0.25) is 9.78 Å². The van der Waals surface area contributed by atoms with Gasteiger partial charge in [-0.15, -0.1) is 0 Å². The Morgan fingerprint density at radius 1 is 1.19 bits per heavy atom. The highest BCUT2D eigenvalue weighted by molar-refractivity contribution is 5.89. The number of rotatable bonds is 6. The van der Waals surface area contributed by atoms with Gasteiger partial charge in [0, 0.05) is 25.1 Å². The SMILES string of the molecule is O=C(CCc1nc(-c2ccccn2)no1)Nc1ccnn1C1CCCCC1. The molecule has 140 valence electrons. The average molecular weight is 366 g/mol. The molecule has 0 atom stereocenters. The molecule has 27 heavy (non-hydrogen) atoms. The normalized spacial score (nSPS) is 15.0. The third-order valence-corrected chi connectivity index (χ3v) is 4.79. The molecule has 0 spiro atoms. The third kappa shape index (κ3) is 4.21. The minimum atomic E-state index is -0.0925. The van der Waals surface area contributed by atoms with Crippen molar-refractivity contribution in [3.63, 3.8) is 0 Å². The summed E-state index contributed by atoms with van der Waals surface area (Å²) >= 11 is 0. The molecule has 8 heteroatoms. The fourth-order valence-corrected chi connectivity index (χ4v) is 3.41. The standard InChI is InChI=1S/C19H22N6O2/c26-17(22-16-11-13-21-25(16)14-6-2-1-3-7-14)9-10-18-23-19(24-27-18)15-8-4-5-12-20-15/h4-5,8,11-14H,1-3,6-7,9-10H2,(H,22,26). The highest BCUT2D eigenvalue weighted by Crippen LogP contribution is 2.29. The van der Waals surface area contributed by atoms with Crippen LogP contribution >= 0.6 is 0 Å². The van der Waals surface area contributed by atoms with Crippen molar-refractivity contribution < 1.29 is 9.32 Å². The van der Waals surface area contributed by atoms with Crippen molar-refractivity contribution in [1.82, 2.24) is 24.9 Å². The maximum Gasteiger partial charge on any atom is 0.227 e. The van der Waals surface area contributed by atoms with Gasteiger partial charge in [-0.1, -0.05) is 30.5 Å². The van der Waals surface area contributed by atoms with E-state index in [1.165, 1.54) is 19.3 Å². The average Bonchev–Trinajstić information content (AvgIpc) is 3.37. The molecule has 1 amide bonds. The lowest BCUT2D eigenvalue weighted by atomic mass is 9.96. The van der Waals surface area contributed by atoms with Crippen LogP contribution in [0, 0.1) is 0 Å². The van der Waals surface area contributed by atoms with E-state index in [2.05, 4.69) is 25.5 Å². The minimum absolute atomic E-state index is 0.0925. The van der Waals surface area contributed by atoms with Crippen LogP contribution in [0.15, 0.2) is 41.2 Å². The Morgan fingerprint density at radius 2 is 2.07 bits per heavy atom. The van der Waals surface area contributed by atoms with E-state index < -0.39 is 0 Å². The summed E-state index contributed by atoms with van der Waals surface area (Å²) in [6.07, 6.45) is 10.00. The Labute approximate surface area is 157 Å². The summed E-state index contributed by atoms with van der Waals surface area (Å²) in [5.74, 6) is 1.52. The van der Waals surface area contributed by atoms with Gasteiger partial charge in [-0.25, -0.2) is 4.68 Å². The number of carbonyl (C=O) groups excluding carboxylic acids is 1. The minimum Gasteiger partial charge on any atom is -0.339 e. The fraction of sp³-hybridized carbons (Fsp3) is 0.421. The molecule has 1 N–H and O–H groups in total. The highest BCUT2D eigenvalue weighted by Gasteiger charge is 2.19. The second-order valence-electron chi connectivity index (χ2n) is 6.73. The molecule has 0 radical (unpaired) electrons. The van der Waals surface area contributed by atoms with Crippen LogP contribution in [0.3, 0.4) is 0 Å². The van der Waals surface area contributed by atoms with Crippen molar-refractivity contribution in [3.8, 4) is 11.5 Å². The lowest BCUT2D eigenvalue weighted by Gasteiger charge is -2.23. The van der Waals surface area contributed by atoms with Gasteiger partial charge in [-0.05, 0) is 25.0 Å². The van der Waals surface area contributed by atoms with Gasteiger partial charge in [0.2, 0.25) is 17.6 Å². The molecule has 8 nitrogen and oxygen atoms in total. The maximum atomic E-state index is 12.3. The Kier molecular flexibility index (Phi) is 5.22. The highest BCUT2D eigenvalue weighted by atomic mass is 16.5. The number of anilines is 1. The van der Waals surface area contributed by atoms with E-state index in [4.69, 9.17) is 4.52 Å². The number of nitrogens with zero attached hydrogens (tertiary/aromatic N) is 5. The Bertz CT molecular complexity index is 883. The summed E-state index contributed by atoms with van der Waals surface area (Å²) in [5.41, 5.74) is 0.647. The van der Waals surface area contributed by atoms with Crippen molar-refractivity contribution in [2.75, 3.05) is 5.32 Å². The molecule has 4 rings (SSSR count). The van der Waals surface area contributed by atoms with E-state index in [1.54, 1.807) is 12.4 Å². The summed E-state index contributed by atoms with van der Waals surface area (Å²) in [7, 11) is 0. The van der Waals surface area contributed by atoms with E-state index in [0.717, 1.165) is 18.7 Å². The first-order valence-electron chi connectivity index (χ1n) is 9.37. The van der Waals surface area contributed by atoms with Crippen LogP contribution < -0.4 is 5.32 Å². The molecule has 1 fully saturated rings. The maximum absolute atomic E-state index is 12.3. The molecule has 3 aromatic rings. The van der Waals surface area contributed by atoms with Crippen molar-refractivity contribution in [3.05, 3.63) is 42.5 Å². The van der Waals surface area contributed by atoms with Gasteiger partial charge < -0.3 is 9.84 Å². The van der Waals surface area contributed by atoms with Gasteiger partial charge in [0.05, 0.1) is 12.2 Å². The number of hydrogen-bond donors (Lipinski definition) is 1. The van der Waals surface area contributed by atoms with Gasteiger partial charge >= 0.3 is 0 Å². The molecule has 3 aromatic heterocycles. The zero-order valence-corrected chi connectivity index (χ0v) is 15.0. The molecule has 1 aliphatic carbocycles. The first-order chi connectivity index (χ1) is 13.3. The van der Waals surface area contributed by atoms with Gasteiger partial charge in [-0.2, -0.15) is 10.1 Å². The smallest absolute Gasteiger partial charge is 0.227 e. The number of nitrogens with one attached hydrogen (secondary N) is 1. The van der Waals surface area contributed by atoms with Crippen molar-refractivity contribution >= 4 is 11.7 Å². The van der Waals surface area contributed by atoms with E-state index in [0.29, 0.717) is 29.9 Å². The van der Waals surface area contributed by atoms with Crippen molar-refractivity contribution in [2.45, 2.75) is 51.0 Å². The Morgan fingerprint density at radius 3 is 2.89 bits per heavy atom. The topological polar surface area (TPSA) is 98.7 Å². The predicted octanol–water partition coefficient (Wildman–Crippen LogP) is 3.40. The first-order valence-corrected chi connectivity index (χ1v) is 9.37. The molecule has 0 unspecified atom stereocenters. The van der Waals surface area contributed by atoms with Crippen LogP contribution in [0.4, 0.5) is 5.82 Å². The Hall–Kier alpha value is -3.03. The van der Waals surface area contributed by atoms with E-state index in [9.17, 15) is 4.79 Å². The van der Waals surface area contributed by atoms with Crippen LogP contribution in [0.5, 0.6) is 0 Å². The number of carbonyl (C=O) groups is 1. The lowest BCUT2D eigenvalue weighted by Crippen LogP contribution is -2.20. The summed E-state index contributed by atoms with van der Waals surface area (Å²) in [5, 5.41) is 11.3. The van der Waals surface area contributed by atoms with Crippen LogP contribution in [0.25, 0.3) is 11.5 Å². The molecule has 0 bridgehead atoms. The zero-order chi connectivity index (χ0) is 18.5. The van der Waals surface area contributed by atoms with Crippen LogP contribution in [-0.4, -0.2) is 30.8 Å². The summed E-state index contributed by atoms with van der Waals surface area (Å²) in [4.78, 5) is 20.8. The molecule has 1 aliphatic rings. The van der Waals surface area contributed by atoms with E-state index >= 15 is 0 Å². The molecule has 1 saturated carbocycles. The molecular weight excluding hydrogens is 344 g/mol. The molecule has 0 aliphatic heterocycles. The number of amides is 1. The summed E-state index contributed by atoms with van der Waals surface area (Å²) in [6.45, 7) is 0. The van der Waals surface area contributed by atoms with Crippen LogP contribution in [0.2, 0.25) is 0 Å². The van der Waals surface area contributed by atoms with Crippen LogP contribution in [-0.2, 0) is 11.2 Å². The predicted molar refractivity (Wildman–Crippen MR) is 98.8 cm³/mol. The second-order valence-corrected chi connectivity index (χ2v) is 6.73. The molecule has 3 heterocycles. The third-order valence-electron chi connectivity index (χ3n) is 4.79. The van der Waals surface area contributed by atoms with Gasteiger partial charge in [0.25, 0.3) is 0 Å². The van der Waals surface area contributed by atoms with Gasteiger partial charge in [0.1, 0.15) is 11.5 Å². The van der Waals surface area contributed by atoms with E-state index in [-0.39, 0.29) is 12.3 Å². The second kappa shape index (κ2) is 8.11. The number of pyridine rings is 1. The molecular formula is C19H22N6O2. The lowest BCUT2D eigenvalue weighted by molar-refractivity contribution is -0.116. The van der Waals surface area contributed by atoms with Crippen LogP contribution in [0.1, 0.15) is 50.5 Å². The van der Waals surface area contributed by atoms with Crippen molar-refractivity contribution in [1.29, 1.82) is 0 Å². The number of hydrogen-bond acceptors (Lipinski definition) is 6. The fourth-order valence-electron chi connectivity index (χ4n) is 3.41.